The van der Waals surface area contributed by atoms with Crippen LogP contribution in [-0.2, 0) is 4.74 Å². The second-order valence-corrected chi connectivity index (χ2v) is 5.62. The minimum Gasteiger partial charge on any atom is -0.422 e. The summed E-state index contributed by atoms with van der Waals surface area (Å²) in [4.78, 5) is 26.7. The summed E-state index contributed by atoms with van der Waals surface area (Å²) in [5.74, 6) is -0.374. The van der Waals surface area contributed by atoms with E-state index in [2.05, 4.69) is 0 Å². The van der Waals surface area contributed by atoms with Gasteiger partial charge in [-0.15, -0.1) is 0 Å². The third kappa shape index (κ3) is 2.49. The molecule has 1 saturated heterocycles. The number of ether oxygens (including phenoxy) is 1. The van der Waals surface area contributed by atoms with E-state index in [4.69, 9.17) is 9.15 Å². The minimum absolute atomic E-state index is 0.0279. The first-order chi connectivity index (χ1) is 11.7. The summed E-state index contributed by atoms with van der Waals surface area (Å²) in [7, 11) is 0. The number of nitrogens with zero attached hydrogens (tertiary/aromatic N) is 1. The van der Waals surface area contributed by atoms with Crippen molar-refractivity contribution in [2.45, 2.75) is 6.23 Å². The van der Waals surface area contributed by atoms with Crippen LogP contribution in [0.5, 0.6) is 0 Å². The Morgan fingerprint density at radius 3 is 2.62 bits per heavy atom. The van der Waals surface area contributed by atoms with Crippen LogP contribution in [-0.4, -0.2) is 24.0 Å². The van der Waals surface area contributed by atoms with Crippen molar-refractivity contribution in [1.82, 2.24) is 4.90 Å². The van der Waals surface area contributed by atoms with E-state index < -0.39 is 11.9 Å². The molecule has 1 atom stereocenters. The van der Waals surface area contributed by atoms with Crippen molar-refractivity contribution in [3.8, 4) is 0 Å². The highest BCUT2D eigenvalue weighted by molar-refractivity contribution is 5.96. The van der Waals surface area contributed by atoms with Gasteiger partial charge in [-0.1, -0.05) is 48.5 Å². The summed E-state index contributed by atoms with van der Waals surface area (Å²) in [5.41, 5.74) is 0.752. The molecule has 1 aromatic heterocycles. The van der Waals surface area contributed by atoms with E-state index in [1.54, 1.807) is 23.1 Å². The van der Waals surface area contributed by atoms with E-state index >= 15 is 0 Å². The van der Waals surface area contributed by atoms with E-state index in [-0.39, 0.29) is 11.5 Å². The molecule has 1 aliphatic rings. The van der Waals surface area contributed by atoms with Crippen molar-refractivity contribution in [3.05, 3.63) is 82.2 Å². The Bertz CT molecular complexity index is 948. The fourth-order valence-corrected chi connectivity index (χ4v) is 2.94. The molecular weight excluding hydrogens is 306 g/mol. The number of carbonyl (C=O) groups excluding carboxylic acids is 1. The first kappa shape index (κ1) is 14.7. The lowest BCUT2D eigenvalue weighted by atomic mass is 10.1. The van der Waals surface area contributed by atoms with Crippen molar-refractivity contribution in [2.75, 3.05) is 13.2 Å². The fourth-order valence-electron chi connectivity index (χ4n) is 2.94. The molecule has 3 aromatic rings. The van der Waals surface area contributed by atoms with E-state index in [0.29, 0.717) is 18.7 Å². The zero-order valence-electron chi connectivity index (χ0n) is 12.8. The predicted molar refractivity (Wildman–Crippen MR) is 88.7 cm³/mol. The van der Waals surface area contributed by atoms with Gasteiger partial charge < -0.3 is 14.1 Å². The molecule has 2 heterocycles. The molecule has 4 rings (SSSR count). The molecule has 1 fully saturated rings. The van der Waals surface area contributed by atoms with E-state index in [0.717, 1.165) is 10.9 Å². The molecule has 1 aliphatic heterocycles. The van der Waals surface area contributed by atoms with Gasteiger partial charge in [-0.2, -0.15) is 0 Å². The molecule has 24 heavy (non-hydrogen) atoms. The first-order valence-electron chi connectivity index (χ1n) is 7.74. The Morgan fingerprint density at radius 2 is 1.79 bits per heavy atom. The maximum atomic E-state index is 12.9. The number of hydrogen-bond donors (Lipinski definition) is 0. The van der Waals surface area contributed by atoms with Gasteiger partial charge in [0.05, 0.1) is 6.61 Å². The van der Waals surface area contributed by atoms with Gasteiger partial charge in [0, 0.05) is 17.5 Å². The highest BCUT2D eigenvalue weighted by atomic mass is 16.5. The second kappa shape index (κ2) is 5.94. The van der Waals surface area contributed by atoms with Crippen molar-refractivity contribution in [1.29, 1.82) is 0 Å². The standard InChI is InChI=1S/C19H15NO4/c21-17(15-12-14-8-4-5-9-16(14)24-19(15)22)20-10-11-23-18(20)13-6-2-1-3-7-13/h1-9,12,18H,10-11H2. The summed E-state index contributed by atoms with van der Waals surface area (Å²) in [6.07, 6.45) is -0.482. The molecule has 120 valence electrons. The average Bonchev–Trinajstić information content (AvgIpc) is 3.11. The van der Waals surface area contributed by atoms with Crippen molar-refractivity contribution in [2.24, 2.45) is 0 Å². The predicted octanol–water partition coefficient (Wildman–Crippen LogP) is 2.96. The van der Waals surface area contributed by atoms with Gasteiger partial charge in [-0.3, -0.25) is 4.79 Å². The minimum atomic E-state index is -0.627. The van der Waals surface area contributed by atoms with Gasteiger partial charge in [0.25, 0.3) is 5.91 Å². The lowest BCUT2D eigenvalue weighted by molar-refractivity contribution is 0.0270. The molecule has 0 N–H and O–H groups in total. The van der Waals surface area contributed by atoms with Crippen LogP contribution in [0.25, 0.3) is 11.0 Å². The summed E-state index contributed by atoms with van der Waals surface area (Å²) in [5, 5.41) is 0.719. The summed E-state index contributed by atoms with van der Waals surface area (Å²) in [6, 6.07) is 18.2. The Labute approximate surface area is 138 Å². The normalized spacial score (nSPS) is 17.3. The number of para-hydroxylation sites is 1. The Kier molecular flexibility index (Phi) is 3.63. The average molecular weight is 321 g/mol. The van der Waals surface area contributed by atoms with Gasteiger partial charge in [-0.25, -0.2) is 4.79 Å². The Hall–Kier alpha value is -2.92. The van der Waals surface area contributed by atoms with Crippen LogP contribution >= 0.6 is 0 Å². The monoisotopic (exact) mass is 321 g/mol. The van der Waals surface area contributed by atoms with Crippen LogP contribution in [0.15, 0.2) is 69.9 Å². The quantitative estimate of drug-likeness (QED) is 0.681. The number of hydrogen-bond acceptors (Lipinski definition) is 4. The number of benzene rings is 2. The van der Waals surface area contributed by atoms with Gasteiger partial charge in [0.1, 0.15) is 11.1 Å². The Balaban J connectivity index is 1.73. The summed E-state index contributed by atoms with van der Waals surface area (Å²) >= 11 is 0. The zero-order valence-corrected chi connectivity index (χ0v) is 12.8. The lowest BCUT2D eigenvalue weighted by Crippen LogP contribution is -2.34. The molecule has 5 nitrogen and oxygen atoms in total. The first-order valence-corrected chi connectivity index (χ1v) is 7.74. The lowest BCUT2D eigenvalue weighted by Gasteiger charge is -2.23. The molecule has 0 spiro atoms. The molecule has 0 aliphatic carbocycles. The SMILES string of the molecule is O=C(c1cc2ccccc2oc1=O)N1CCOC1c1ccccc1. The van der Waals surface area contributed by atoms with Crippen LogP contribution < -0.4 is 5.63 Å². The maximum Gasteiger partial charge on any atom is 0.349 e. The molecule has 0 saturated carbocycles. The van der Waals surface area contributed by atoms with Gasteiger partial charge >= 0.3 is 5.63 Å². The summed E-state index contributed by atoms with van der Waals surface area (Å²) in [6.45, 7) is 0.870. The van der Waals surface area contributed by atoms with Crippen LogP contribution in [0.3, 0.4) is 0 Å². The van der Waals surface area contributed by atoms with Crippen molar-refractivity contribution >= 4 is 16.9 Å². The molecule has 2 aromatic carbocycles. The number of fused-ring (bicyclic) bond motifs is 1. The molecule has 1 amide bonds. The topological polar surface area (TPSA) is 59.8 Å². The second-order valence-electron chi connectivity index (χ2n) is 5.62. The van der Waals surface area contributed by atoms with Gasteiger partial charge in [-0.05, 0) is 12.1 Å². The molecule has 5 heteroatoms. The third-order valence-corrected chi connectivity index (χ3v) is 4.11. The highest BCUT2D eigenvalue weighted by Gasteiger charge is 2.33. The zero-order chi connectivity index (χ0) is 16.5. The molecular formula is C19H15NO4. The summed E-state index contributed by atoms with van der Waals surface area (Å²) < 4.78 is 11.0. The smallest absolute Gasteiger partial charge is 0.349 e. The van der Waals surface area contributed by atoms with Crippen molar-refractivity contribution < 1.29 is 13.9 Å². The molecule has 1 unspecified atom stereocenters. The van der Waals surface area contributed by atoms with Crippen molar-refractivity contribution in [3.63, 3.8) is 0 Å². The number of rotatable bonds is 2. The fraction of sp³-hybridized carbons (Fsp3) is 0.158. The van der Waals surface area contributed by atoms with Crippen LogP contribution in [0, 0.1) is 0 Å². The van der Waals surface area contributed by atoms with E-state index in [1.165, 1.54) is 0 Å². The Morgan fingerprint density at radius 1 is 1.04 bits per heavy atom. The highest BCUT2D eigenvalue weighted by Crippen LogP contribution is 2.28. The number of amides is 1. The van der Waals surface area contributed by atoms with Crippen LogP contribution in [0.4, 0.5) is 0 Å². The maximum absolute atomic E-state index is 12.9. The van der Waals surface area contributed by atoms with Gasteiger partial charge in [0.15, 0.2) is 6.23 Å². The van der Waals surface area contributed by atoms with E-state index in [9.17, 15) is 9.59 Å². The van der Waals surface area contributed by atoms with Crippen LogP contribution in [0.1, 0.15) is 22.1 Å². The number of carbonyl (C=O) groups is 1. The van der Waals surface area contributed by atoms with Crippen LogP contribution in [0.2, 0.25) is 0 Å². The third-order valence-electron chi connectivity index (χ3n) is 4.11. The molecule has 0 radical (unpaired) electrons. The van der Waals surface area contributed by atoms with E-state index in [1.807, 2.05) is 42.5 Å². The largest absolute Gasteiger partial charge is 0.422 e. The van der Waals surface area contributed by atoms with Gasteiger partial charge in [0.2, 0.25) is 0 Å². The molecule has 0 bridgehead atoms.